The SMILES string of the molecule is NC1(S(=O)(=O)c2ccc(Cl)c([N+](=O)[O-])c2)C=CC=CC1C(=O)O. The van der Waals surface area contributed by atoms with Crippen molar-refractivity contribution in [3.05, 3.63) is 57.6 Å². The summed E-state index contributed by atoms with van der Waals surface area (Å²) in [6, 6.07) is 2.86. The molecule has 0 bridgehead atoms. The Bertz CT molecular complexity index is 848. The number of halogens is 1. The molecule has 0 amide bonds. The topological polar surface area (TPSA) is 141 Å². The van der Waals surface area contributed by atoms with E-state index < -0.39 is 42.1 Å². The van der Waals surface area contributed by atoms with Gasteiger partial charge in [-0.2, -0.15) is 0 Å². The fourth-order valence-electron chi connectivity index (χ4n) is 2.17. The quantitative estimate of drug-likeness (QED) is 0.613. The number of rotatable bonds is 4. The molecule has 0 spiro atoms. The number of nitrogens with two attached hydrogens (primary N) is 1. The predicted molar refractivity (Wildman–Crippen MR) is 81.6 cm³/mol. The second-order valence-electron chi connectivity index (χ2n) is 4.79. The summed E-state index contributed by atoms with van der Waals surface area (Å²) >= 11 is 5.65. The van der Waals surface area contributed by atoms with Gasteiger partial charge in [0.25, 0.3) is 5.69 Å². The molecule has 0 aliphatic heterocycles. The molecule has 2 atom stereocenters. The molecule has 3 N–H and O–H groups in total. The molecule has 0 saturated heterocycles. The first-order chi connectivity index (χ1) is 10.6. The van der Waals surface area contributed by atoms with Crippen molar-refractivity contribution >= 4 is 33.1 Å². The number of nitro benzene ring substituents is 1. The third kappa shape index (κ3) is 2.74. The molecule has 1 aromatic carbocycles. The van der Waals surface area contributed by atoms with Crippen LogP contribution in [0.2, 0.25) is 5.02 Å². The van der Waals surface area contributed by atoms with Crippen molar-refractivity contribution in [2.75, 3.05) is 0 Å². The van der Waals surface area contributed by atoms with Crippen LogP contribution in [0.3, 0.4) is 0 Å². The third-order valence-corrected chi connectivity index (χ3v) is 5.93. The van der Waals surface area contributed by atoms with E-state index in [0.29, 0.717) is 0 Å². The first-order valence-electron chi connectivity index (χ1n) is 6.17. The maximum Gasteiger partial charge on any atom is 0.313 e. The van der Waals surface area contributed by atoms with E-state index in [1.807, 2.05) is 0 Å². The lowest BCUT2D eigenvalue weighted by Crippen LogP contribution is -2.55. The summed E-state index contributed by atoms with van der Waals surface area (Å²) in [5.74, 6) is -2.97. The number of hydrogen-bond acceptors (Lipinski definition) is 6. The Morgan fingerprint density at radius 1 is 1.39 bits per heavy atom. The average Bonchev–Trinajstić information content (AvgIpc) is 2.47. The van der Waals surface area contributed by atoms with Crippen LogP contribution in [0.5, 0.6) is 0 Å². The fourth-order valence-corrected chi connectivity index (χ4v) is 4.05. The molecular weight excluding hydrogens is 348 g/mol. The van der Waals surface area contributed by atoms with E-state index in [-0.39, 0.29) is 5.02 Å². The van der Waals surface area contributed by atoms with Gasteiger partial charge in [-0.25, -0.2) is 8.42 Å². The second kappa shape index (κ2) is 5.76. The van der Waals surface area contributed by atoms with Crippen LogP contribution in [0, 0.1) is 16.0 Å². The number of benzene rings is 1. The molecule has 2 unspecified atom stereocenters. The number of carbonyl (C=O) groups is 1. The Morgan fingerprint density at radius 3 is 2.61 bits per heavy atom. The fraction of sp³-hybridized carbons (Fsp3) is 0.154. The zero-order chi connectivity index (χ0) is 17.4. The zero-order valence-corrected chi connectivity index (χ0v) is 13.0. The minimum Gasteiger partial charge on any atom is -0.481 e. The number of nitro groups is 1. The summed E-state index contributed by atoms with van der Waals surface area (Å²) < 4.78 is 25.5. The summed E-state index contributed by atoms with van der Waals surface area (Å²) in [4.78, 5) is 18.6. The van der Waals surface area contributed by atoms with Gasteiger partial charge in [0.15, 0.2) is 4.87 Å². The van der Waals surface area contributed by atoms with Crippen LogP contribution in [-0.4, -0.2) is 29.3 Å². The monoisotopic (exact) mass is 358 g/mol. The number of aliphatic carboxylic acids is 1. The van der Waals surface area contributed by atoms with Gasteiger partial charge in [-0.15, -0.1) is 0 Å². The first-order valence-corrected chi connectivity index (χ1v) is 8.03. The van der Waals surface area contributed by atoms with Gasteiger partial charge in [-0.05, 0) is 18.2 Å². The van der Waals surface area contributed by atoms with Crippen LogP contribution in [0.1, 0.15) is 0 Å². The highest BCUT2D eigenvalue weighted by atomic mass is 35.5. The molecule has 2 rings (SSSR count). The minimum atomic E-state index is -4.43. The second-order valence-corrected chi connectivity index (χ2v) is 7.38. The summed E-state index contributed by atoms with van der Waals surface area (Å²) in [6.07, 6.45) is 4.86. The van der Waals surface area contributed by atoms with Crippen LogP contribution >= 0.6 is 11.6 Å². The number of sulfone groups is 1. The normalized spacial score (nSPS) is 23.7. The molecule has 10 heteroatoms. The molecule has 0 heterocycles. The lowest BCUT2D eigenvalue weighted by atomic mass is 9.95. The first kappa shape index (κ1) is 17.1. The summed E-state index contributed by atoms with van der Waals surface area (Å²) in [5.41, 5.74) is 5.26. The van der Waals surface area contributed by atoms with E-state index >= 15 is 0 Å². The van der Waals surface area contributed by atoms with Gasteiger partial charge in [-0.3, -0.25) is 14.9 Å². The smallest absolute Gasteiger partial charge is 0.313 e. The van der Waals surface area contributed by atoms with Crippen molar-refractivity contribution in [3.63, 3.8) is 0 Å². The summed E-state index contributed by atoms with van der Waals surface area (Å²) in [5, 5.41) is 19.9. The van der Waals surface area contributed by atoms with Crippen LogP contribution in [-0.2, 0) is 14.6 Å². The molecule has 0 saturated carbocycles. The molecule has 0 radical (unpaired) electrons. The number of carboxylic acids is 1. The number of nitrogens with zero attached hydrogens (tertiary/aromatic N) is 1. The summed E-state index contributed by atoms with van der Waals surface area (Å²) in [6.45, 7) is 0. The number of allylic oxidation sites excluding steroid dienone is 2. The highest BCUT2D eigenvalue weighted by Gasteiger charge is 2.49. The molecular formula is C13H11ClN2O6S. The Labute approximate surface area is 135 Å². The Hall–Kier alpha value is -2.23. The van der Waals surface area contributed by atoms with Gasteiger partial charge < -0.3 is 10.8 Å². The Kier molecular flexibility index (Phi) is 4.29. The van der Waals surface area contributed by atoms with E-state index in [1.54, 1.807) is 0 Å². The minimum absolute atomic E-state index is 0.242. The standard InChI is InChI=1S/C13H11ClN2O6S/c14-10-5-4-8(7-11(10)16(19)20)23(21,22)13(15)6-2-1-3-9(13)12(17)18/h1-7,9H,15H2,(H,17,18). The van der Waals surface area contributed by atoms with Crippen LogP contribution in [0.25, 0.3) is 0 Å². The van der Waals surface area contributed by atoms with Gasteiger partial charge in [0, 0.05) is 6.07 Å². The van der Waals surface area contributed by atoms with Gasteiger partial charge in [0.1, 0.15) is 10.9 Å². The van der Waals surface area contributed by atoms with Gasteiger partial charge >= 0.3 is 5.97 Å². The highest BCUT2D eigenvalue weighted by Crippen LogP contribution is 2.36. The Morgan fingerprint density at radius 2 is 2.04 bits per heavy atom. The molecule has 23 heavy (non-hydrogen) atoms. The number of hydrogen-bond donors (Lipinski definition) is 2. The van der Waals surface area contributed by atoms with E-state index in [1.165, 1.54) is 12.2 Å². The van der Waals surface area contributed by atoms with Crippen LogP contribution < -0.4 is 5.73 Å². The van der Waals surface area contributed by atoms with Crippen molar-refractivity contribution in [1.29, 1.82) is 0 Å². The average molecular weight is 359 g/mol. The van der Waals surface area contributed by atoms with Gasteiger partial charge in [0.2, 0.25) is 9.84 Å². The number of carboxylic acid groups (broad SMARTS) is 1. The molecule has 8 nitrogen and oxygen atoms in total. The molecule has 0 aromatic heterocycles. The van der Waals surface area contributed by atoms with E-state index in [9.17, 15) is 28.4 Å². The van der Waals surface area contributed by atoms with Crippen molar-refractivity contribution in [3.8, 4) is 0 Å². The maximum atomic E-state index is 12.8. The van der Waals surface area contributed by atoms with E-state index in [2.05, 4.69) is 0 Å². The Balaban J connectivity index is 2.64. The van der Waals surface area contributed by atoms with Gasteiger partial charge in [-0.1, -0.05) is 29.8 Å². The maximum absolute atomic E-state index is 12.8. The largest absolute Gasteiger partial charge is 0.481 e. The molecule has 122 valence electrons. The molecule has 1 aliphatic rings. The molecule has 1 aromatic rings. The summed E-state index contributed by atoms with van der Waals surface area (Å²) in [7, 11) is -4.43. The lowest BCUT2D eigenvalue weighted by molar-refractivity contribution is -0.384. The van der Waals surface area contributed by atoms with Crippen molar-refractivity contribution in [2.45, 2.75) is 9.77 Å². The molecule has 1 aliphatic carbocycles. The van der Waals surface area contributed by atoms with Crippen LogP contribution in [0.15, 0.2) is 47.4 Å². The van der Waals surface area contributed by atoms with E-state index in [4.69, 9.17) is 17.3 Å². The van der Waals surface area contributed by atoms with Crippen LogP contribution in [0.4, 0.5) is 5.69 Å². The lowest BCUT2D eigenvalue weighted by Gasteiger charge is -2.31. The predicted octanol–water partition coefficient (Wildman–Crippen LogP) is 1.50. The molecule has 0 fully saturated rings. The van der Waals surface area contributed by atoms with Crippen molar-refractivity contribution in [1.82, 2.24) is 0 Å². The van der Waals surface area contributed by atoms with E-state index in [0.717, 1.165) is 30.4 Å². The zero-order valence-electron chi connectivity index (χ0n) is 11.4. The van der Waals surface area contributed by atoms with Gasteiger partial charge in [0.05, 0.1) is 9.82 Å². The third-order valence-electron chi connectivity index (χ3n) is 3.41. The van der Waals surface area contributed by atoms with Crippen molar-refractivity contribution < 1.29 is 23.2 Å². The highest BCUT2D eigenvalue weighted by molar-refractivity contribution is 7.93. The van der Waals surface area contributed by atoms with Crippen molar-refractivity contribution in [2.24, 2.45) is 11.7 Å².